The number of allylic oxidation sites excluding steroid dienone is 1. The lowest BCUT2D eigenvalue weighted by Gasteiger charge is -2.41. The lowest BCUT2D eigenvalue weighted by atomic mass is 9.72. The number of halogens is 4. The number of likely N-dealkylation sites (tertiary alicyclic amines) is 1. The molecule has 7 rings (SSSR count). The van der Waals surface area contributed by atoms with Crippen LogP contribution in [0.2, 0.25) is 5.02 Å². The number of sulfone groups is 1. The van der Waals surface area contributed by atoms with Crippen LogP contribution in [0.5, 0.6) is 0 Å². The number of nitrogens with one attached hydrogen (secondary N) is 1. The third-order valence-electron chi connectivity index (χ3n) is 12.0. The van der Waals surface area contributed by atoms with Crippen molar-refractivity contribution < 1.29 is 30.0 Å². The van der Waals surface area contributed by atoms with E-state index < -0.39 is 46.9 Å². The van der Waals surface area contributed by atoms with Gasteiger partial charge >= 0.3 is 5.51 Å². The molecule has 3 heterocycles. The second-order valence-electron chi connectivity index (χ2n) is 16.9. The molecule has 0 radical (unpaired) electrons. The molecular formula is C43H51ClF3N7O4S3. The predicted molar refractivity (Wildman–Crippen MR) is 235 cm³/mol. The van der Waals surface area contributed by atoms with E-state index in [1.54, 1.807) is 6.92 Å². The third-order valence-corrected chi connectivity index (χ3v) is 16.3. The normalized spacial score (nSPS) is 18.8. The number of hydrogen-bond donors (Lipinski definition) is 2. The zero-order chi connectivity index (χ0) is 43.7. The maximum Gasteiger partial charge on any atom is 0.501 e. The number of anilines is 2. The highest BCUT2D eigenvalue weighted by Gasteiger charge is 2.49. The summed E-state index contributed by atoms with van der Waals surface area (Å²) in [6, 6.07) is 19.6. The zero-order valence-corrected chi connectivity index (χ0v) is 37.5. The van der Waals surface area contributed by atoms with Crippen molar-refractivity contribution in [1.82, 2.24) is 19.8 Å². The maximum absolute atomic E-state index is 14.0. The quantitative estimate of drug-likeness (QED) is 0.0757. The average Bonchev–Trinajstić information content (AvgIpc) is 3.23. The summed E-state index contributed by atoms with van der Waals surface area (Å²) in [5, 5.41) is 1.65. The first-order valence-corrected chi connectivity index (χ1v) is 24.6. The summed E-state index contributed by atoms with van der Waals surface area (Å²) >= 11 is 7.60. The Morgan fingerprint density at radius 3 is 2.38 bits per heavy atom. The second kappa shape index (κ2) is 18.2. The van der Waals surface area contributed by atoms with Gasteiger partial charge < -0.3 is 5.01 Å². The molecule has 4 aromatic rings. The summed E-state index contributed by atoms with van der Waals surface area (Å²) in [7, 11) is -10.7. The minimum Gasteiger partial charge on any atom is -0.306 e. The summed E-state index contributed by atoms with van der Waals surface area (Å²) in [5.41, 5.74) is -0.563. The van der Waals surface area contributed by atoms with E-state index in [1.165, 1.54) is 34.8 Å². The number of hydrogen-bond acceptors (Lipinski definition) is 11. The van der Waals surface area contributed by atoms with Gasteiger partial charge in [-0.3, -0.25) is 14.5 Å². The number of rotatable bonds is 13. The van der Waals surface area contributed by atoms with Crippen molar-refractivity contribution in [3.05, 3.63) is 107 Å². The lowest BCUT2D eigenvalue weighted by Crippen LogP contribution is -2.47. The molecule has 0 saturated carbocycles. The van der Waals surface area contributed by atoms with Gasteiger partial charge in [0, 0.05) is 46.9 Å². The van der Waals surface area contributed by atoms with Crippen LogP contribution in [0.25, 0.3) is 5.57 Å². The molecule has 3 aliphatic rings. The van der Waals surface area contributed by atoms with Crippen LogP contribution in [0, 0.1) is 5.41 Å². The molecule has 3 aromatic carbocycles. The summed E-state index contributed by atoms with van der Waals surface area (Å²) in [6.45, 7) is 10.2. The van der Waals surface area contributed by atoms with Crippen molar-refractivity contribution in [1.29, 1.82) is 0 Å². The van der Waals surface area contributed by atoms with Crippen molar-refractivity contribution in [3.8, 4) is 0 Å². The number of fused-ring (bicyclic) bond motifs is 1. The van der Waals surface area contributed by atoms with E-state index in [1.807, 2.05) is 42.5 Å². The summed E-state index contributed by atoms with van der Waals surface area (Å²) in [4.78, 5) is 12.5. The van der Waals surface area contributed by atoms with Gasteiger partial charge in [-0.25, -0.2) is 32.6 Å². The van der Waals surface area contributed by atoms with Crippen molar-refractivity contribution >= 4 is 60.3 Å². The minimum absolute atomic E-state index is 0.00351. The first kappa shape index (κ1) is 45.3. The van der Waals surface area contributed by atoms with E-state index in [4.69, 9.17) is 17.4 Å². The molecule has 0 bridgehead atoms. The predicted octanol–water partition coefficient (Wildman–Crippen LogP) is 8.57. The Morgan fingerprint density at radius 2 is 1.69 bits per heavy atom. The topological polar surface area (TPSA) is 142 Å². The van der Waals surface area contributed by atoms with Gasteiger partial charge in [-0.15, -0.1) is 11.8 Å². The van der Waals surface area contributed by atoms with Crippen LogP contribution >= 0.6 is 23.4 Å². The van der Waals surface area contributed by atoms with Crippen molar-refractivity contribution in [2.24, 2.45) is 11.3 Å². The van der Waals surface area contributed by atoms with E-state index in [0.717, 1.165) is 78.8 Å². The Kier molecular flexibility index (Phi) is 13.5. The van der Waals surface area contributed by atoms with Crippen molar-refractivity contribution in [3.63, 3.8) is 0 Å². The first-order valence-electron chi connectivity index (χ1n) is 20.3. The van der Waals surface area contributed by atoms with Gasteiger partial charge in [0.25, 0.3) is 19.9 Å². The lowest BCUT2D eigenvalue weighted by molar-refractivity contribution is -0.0436. The van der Waals surface area contributed by atoms with Crippen molar-refractivity contribution in [2.45, 2.75) is 98.1 Å². The Morgan fingerprint density at radius 1 is 0.984 bits per heavy atom. The van der Waals surface area contributed by atoms with Crippen molar-refractivity contribution in [2.75, 3.05) is 41.7 Å². The highest BCUT2D eigenvalue weighted by molar-refractivity contribution is 7.99. The second-order valence-corrected chi connectivity index (χ2v) is 22.0. The van der Waals surface area contributed by atoms with Gasteiger partial charge in [-0.05, 0) is 118 Å². The molecule has 0 spiro atoms. The van der Waals surface area contributed by atoms with Gasteiger partial charge in [-0.1, -0.05) is 61.4 Å². The molecule has 1 atom stereocenters. The molecule has 3 N–H and O–H groups in total. The van der Waals surface area contributed by atoms with Gasteiger partial charge in [0.1, 0.15) is 17.0 Å². The molecule has 11 nitrogen and oxygen atoms in total. The van der Waals surface area contributed by atoms with Gasteiger partial charge in [0.2, 0.25) is 0 Å². The molecule has 1 aliphatic carbocycles. The number of hydrazine groups is 1. The Balaban J connectivity index is 1.03. The van der Waals surface area contributed by atoms with Gasteiger partial charge in [-0.2, -0.15) is 13.2 Å². The fourth-order valence-electron chi connectivity index (χ4n) is 8.40. The van der Waals surface area contributed by atoms with Crippen LogP contribution in [0.15, 0.2) is 99.4 Å². The molecule has 328 valence electrons. The highest BCUT2D eigenvalue weighted by atomic mass is 35.5. The highest BCUT2D eigenvalue weighted by Crippen LogP contribution is 2.44. The third kappa shape index (κ3) is 10.4. The fourth-order valence-corrected chi connectivity index (χ4v) is 11.6. The van der Waals surface area contributed by atoms with Crippen LogP contribution < -0.4 is 15.6 Å². The molecular weight excluding hydrogens is 867 g/mol. The number of thioether (sulfide) groups is 1. The fraction of sp³-hybridized carbons (Fsp3) is 0.442. The van der Waals surface area contributed by atoms with E-state index in [-0.39, 0.29) is 11.2 Å². The summed E-state index contributed by atoms with van der Waals surface area (Å²) in [6.07, 6.45) is 6.89. The van der Waals surface area contributed by atoms with Crippen LogP contribution in [0.3, 0.4) is 0 Å². The summed E-state index contributed by atoms with van der Waals surface area (Å²) < 4.78 is 98.0. The molecule has 2 aliphatic heterocycles. The molecule has 61 heavy (non-hydrogen) atoms. The Bertz CT molecular complexity index is 2470. The average molecular weight is 919 g/mol. The Hall–Kier alpha value is -3.71. The minimum atomic E-state index is -6.03. The smallest absolute Gasteiger partial charge is 0.306 e. The first-order chi connectivity index (χ1) is 28.8. The largest absolute Gasteiger partial charge is 0.501 e. The van der Waals surface area contributed by atoms with E-state index in [9.17, 15) is 30.0 Å². The molecule has 18 heteroatoms. The van der Waals surface area contributed by atoms with E-state index in [2.05, 4.69) is 50.5 Å². The van der Waals surface area contributed by atoms with Crippen LogP contribution in [-0.4, -0.2) is 86.1 Å². The number of alkyl halides is 3. The van der Waals surface area contributed by atoms with Crippen LogP contribution in [0.1, 0.15) is 69.7 Å². The number of nitrogens with zero attached hydrogens (tertiary/aromatic N) is 5. The van der Waals surface area contributed by atoms with Gasteiger partial charge in [0.05, 0.1) is 22.3 Å². The number of aromatic nitrogens is 2. The summed E-state index contributed by atoms with van der Waals surface area (Å²) in [5.74, 6) is 6.54. The molecule has 1 aromatic heterocycles. The standard InChI is InChI=1S/C43H51ClF3N7O4S3/c1-29(27-59-34-7-5-4-6-8-34)54(48)39-14-13-35(23-40(39)60(55,56)43(45,46)47)61(57,58)51-41-36-18-22-53(26-38(36)49-28-50-41)33-16-20-52(21-17-33)25-31-15-19-42(2,3)24-37(31)30-9-11-32(44)12-10-30/h4-14,23,28-29,33H,15-22,24-27,48H2,1-3H3,(H,49,50,51)/t29-/m1/s1. The molecule has 1 fully saturated rings. The number of sulfonamides is 1. The number of benzene rings is 3. The van der Waals surface area contributed by atoms with Gasteiger partial charge in [0.15, 0.2) is 0 Å². The number of piperidine rings is 1. The number of nitrogens with two attached hydrogens (primary N) is 1. The maximum atomic E-state index is 14.0. The van der Waals surface area contributed by atoms with E-state index in [0.29, 0.717) is 48.6 Å². The monoisotopic (exact) mass is 917 g/mol. The zero-order valence-electron chi connectivity index (χ0n) is 34.3. The van der Waals surface area contributed by atoms with Crippen LogP contribution in [-0.2, 0) is 32.8 Å². The van der Waals surface area contributed by atoms with Crippen LogP contribution in [0.4, 0.5) is 24.7 Å². The Labute approximate surface area is 365 Å². The molecule has 1 saturated heterocycles. The molecule has 0 unspecified atom stereocenters. The molecule has 0 amide bonds. The SMILES string of the molecule is C[C@H](CSc1ccccc1)N(N)c1ccc(S(=O)(=O)Nc2ncnc3c2CCN(C2CCN(CC4=C(c5ccc(Cl)cc5)CC(C)(C)CC4)CC2)C3)cc1S(=O)(=O)C(F)(F)F. The van der Waals surface area contributed by atoms with E-state index >= 15 is 0 Å².